The molecule has 0 aliphatic heterocycles. The maximum atomic E-state index is 8.69. The van der Waals surface area contributed by atoms with Crippen LogP contribution >= 0.6 is 38.9 Å². The second-order valence-electron chi connectivity index (χ2n) is 2.81. The summed E-state index contributed by atoms with van der Waals surface area (Å²) in [5.74, 6) is 0. The summed E-state index contributed by atoms with van der Waals surface area (Å²) in [5.41, 5.74) is 1.04. The van der Waals surface area contributed by atoms with E-state index < -0.39 is 0 Å². The molecule has 4 heteroatoms. The van der Waals surface area contributed by atoms with Crippen molar-refractivity contribution in [2.24, 2.45) is 0 Å². The molecule has 2 aromatic rings. The first-order valence-corrected chi connectivity index (χ1v) is 5.95. The first-order chi connectivity index (χ1) is 6.74. The molecule has 0 amide bonds. The topological polar surface area (TPSA) is 23.8 Å². The molecule has 0 fully saturated rings. The summed E-state index contributed by atoms with van der Waals surface area (Å²) in [4.78, 5) is 0. The van der Waals surface area contributed by atoms with Crippen molar-refractivity contribution in [2.75, 3.05) is 0 Å². The molecular weight excluding hydrogens is 282 g/mol. The van der Waals surface area contributed by atoms with Crippen LogP contribution in [0.5, 0.6) is 0 Å². The number of benzene rings is 1. The zero-order chi connectivity index (χ0) is 10.1. The van der Waals surface area contributed by atoms with Crippen molar-refractivity contribution in [2.45, 2.75) is 6.42 Å². The third kappa shape index (κ3) is 1.54. The summed E-state index contributed by atoms with van der Waals surface area (Å²) in [7, 11) is 0. The van der Waals surface area contributed by atoms with Crippen LogP contribution in [0.15, 0.2) is 22.0 Å². The van der Waals surface area contributed by atoms with E-state index in [0.717, 1.165) is 24.5 Å². The van der Waals surface area contributed by atoms with E-state index in [0.29, 0.717) is 6.42 Å². The van der Waals surface area contributed by atoms with Gasteiger partial charge in [0.2, 0.25) is 0 Å². The smallest absolute Gasteiger partial charge is 0.0754 e. The van der Waals surface area contributed by atoms with Crippen LogP contribution in [0.25, 0.3) is 10.1 Å². The second kappa shape index (κ2) is 3.90. The molecule has 0 atom stereocenters. The zero-order valence-corrected chi connectivity index (χ0v) is 10.2. The third-order valence-corrected chi connectivity index (χ3v) is 4.44. The van der Waals surface area contributed by atoms with Gasteiger partial charge in [-0.3, -0.25) is 0 Å². The second-order valence-corrected chi connectivity index (χ2v) is 5.55. The predicted molar refractivity (Wildman–Crippen MR) is 63.9 cm³/mol. The molecule has 14 heavy (non-hydrogen) atoms. The van der Waals surface area contributed by atoms with Crippen molar-refractivity contribution in [3.8, 4) is 6.07 Å². The van der Waals surface area contributed by atoms with Crippen molar-refractivity contribution in [3.05, 3.63) is 32.6 Å². The Labute approximate surface area is 99.0 Å². The Morgan fingerprint density at radius 1 is 1.50 bits per heavy atom. The Kier molecular flexibility index (Phi) is 2.78. The van der Waals surface area contributed by atoms with Crippen LogP contribution in [0.4, 0.5) is 0 Å². The van der Waals surface area contributed by atoms with Crippen molar-refractivity contribution in [3.63, 3.8) is 0 Å². The number of hydrogen-bond acceptors (Lipinski definition) is 2. The predicted octanol–water partition coefficient (Wildman–Crippen LogP) is 4.38. The minimum absolute atomic E-state index is 0.418. The molecule has 1 heterocycles. The molecule has 0 saturated carbocycles. The number of fused-ring (bicyclic) bond motifs is 1. The summed E-state index contributed by atoms with van der Waals surface area (Å²) in [6.45, 7) is 0. The van der Waals surface area contributed by atoms with E-state index in [2.05, 4.69) is 22.0 Å². The summed E-state index contributed by atoms with van der Waals surface area (Å²) in [5, 5.41) is 10.5. The quantitative estimate of drug-likeness (QED) is 0.763. The van der Waals surface area contributed by atoms with Gasteiger partial charge in [0.1, 0.15) is 0 Å². The Balaban J connectivity index is 2.78. The molecule has 0 N–H and O–H groups in total. The van der Waals surface area contributed by atoms with Gasteiger partial charge in [0, 0.05) is 0 Å². The van der Waals surface area contributed by atoms with Crippen molar-refractivity contribution < 1.29 is 0 Å². The highest BCUT2D eigenvalue weighted by molar-refractivity contribution is 9.11. The Morgan fingerprint density at radius 3 is 3.00 bits per heavy atom. The van der Waals surface area contributed by atoms with Crippen LogP contribution in [0.3, 0.4) is 0 Å². The van der Waals surface area contributed by atoms with E-state index >= 15 is 0 Å². The standard InChI is InChI=1S/C10H5BrClNS/c11-10-7(4-5-13)6-2-1-3-8(12)9(6)14-10/h1-3H,4H2. The minimum Gasteiger partial charge on any atom is -0.198 e. The summed E-state index contributed by atoms with van der Waals surface area (Å²) < 4.78 is 2.05. The number of hydrogen-bond donors (Lipinski definition) is 0. The summed E-state index contributed by atoms with van der Waals surface area (Å²) in [6, 6.07) is 7.92. The van der Waals surface area contributed by atoms with Gasteiger partial charge in [-0.2, -0.15) is 5.26 Å². The lowest BCUT2D eigenvalue weighted by molar-refractivity contribution is 1.29. The van der Waals surface area contributed by atoms with Gasteiger partial charge in [-0.25, -0.2) is 0 Å². The van der Waals surface area contributed by atoms with E-state index in [-0.39, 0.29) is 0 Å². The van der Waals surface area contributed by atoms with Crippen molar-refractivity contribution in [1.29, 1.82) is 5.26 Å². The lowest BCUT2D eigenvalue weighted by Crippen LogP contribution is -1.78. The van der Waals surface area contributed by atoms with Gasteiger partial charge in [-0.15, -0.1) is 11.3 Å². The van der Waals surface area contributed by atoms with Gasteiger partial charge in [0.25, 0.3) is 0 Å². The highest BCUT2D eigenvalue weighted by atomic mass is 79.9. The molecule has 0 radical (unpaired) electrons. The van der Waals surface area contributed by atoms with Gasteiger partial charge in [0.05, 0.1) is 26.0 Å². The van der Waals surface area contributed by atoms with Crippen LogP contribution in [-0.4, -0.2) is 0 Å². The molecule has 0 spiro atoms. The molecule has 0 bridgehead atoms. The van der Waals surface area contributed by atoms with Crippen molar-refractivity contribution in [1.82, 2.24) is 0 Å². The fourth-order valence-electron chi connectivity index (χ4n) is 1.35. The van der Waals surface area contributed by atoms with Gasteiger partial charge in [0.15, 0.2) is 0 Å². The van der Waals surface area contributed by atoms with Crippen LogP contribution in [-0.2, 0) is 6.42 Å². The fraction of sp³-hybridized carbons (Fsp3) is 0.100. The largest absolute Gasteiger partial charge is 0.198 e. The Bertz CT molecular complexity index is 527. The molecule has 1 aromatic heterocycles. The highest BCUT2D eigenvalue weighted by Gasteiger charge is 2.11. The molecule has 70 valence electrons. The first-order valence-electron chi connectivity index (χ1n) is 3.96. The van der Waals surface area contributed by atoms with E-state index in [1.165, 1.54) is 0 Å². The lowest BCUT2D eigenvalue weighted by Gasteiger charge is -1.94. The Morgan fingerprint density at radius 2 is 2.29 bits per heavy atom. The van der Waals surface area contributed by atoms with Crippen LogP contribution in [0, 0.1) is 11.3 Å². The monoisotopic (exact) mass is 285 g/mol. The minimum atomic E-state index is 0.418. The maximum absolute atomic E-state index is 8.69. The lowest BCUT2D eigenvalue weighted by atomic mass is 10.1. The third-order valence-electron chi connectivity index (χ3n) is 1.98. The van der Waals surface area contributed by atoms with E-state index in [1.54, 1.807) is 11.3 Å². The molecule has 0 aliphatic carbocycles. The summed E-state index contributed by atoms with van der Waals surface area (Å²) in [6.07, 6.45) is 0.418. The number of nitrogens with zero attached hydrogens (tertiary/aromatic N) is 1. The first kappa shape index (κ1) is 9.97. The number of halogens is 2. The van der Waals surface area contributed by atoms with E-state index in [1.807, 2.05) is 18.2 Å². The number of thiophene rings is 1. The molecule has 2 rings (SSSR count). The maximum Gasteiger partial charge on any atom is 0.0754 e. The van der Waals surface area contributed by atoms with Crippen LogP contribution < -0.4 is 0 Å². The normalized spacial score (nSPS) is 10.4. The average Bonchev–Trinajstić information content (AvgIpc) is 2.47. The molecule has 1 aromatic carbocycles. The number of nitriles is 1. The Hall–Kier alpha value is -0.560. The van der Waals surface area contributed by atoms with E-state index in [4.69, 9.17) is 16.9 Å². The molecule has 0 saturated heterocycles. The van der Waals surface area contributed by atoms with Gasteiger partial charge < -0.3 is 0 Å². The van der Waals surface area contributed by atoms with Crippen LogP contribution in [0.2, 0.25) is 5.02 Å². The van der Waals surface area contributed by atoms with Gasteiger partial charge >= 0.3 is 0 Å². The van der Waals surface area contributed by atoms with Gasteiger partial charge in [-0.05, 0) is 32.9 Å². The molecule has 0 unspecified atom stereocenters. The number of rotatable bonds is 1. The molecular formula is C10H5BrClNS. The van der Waals surface area contributed by atoms with E-state index in [9.17, 15) is 0 Å². The zero-order valence-electron chi connectivity index (χ0n) is 7.05. The average molecular weight is 287 g/mol. The molecule has 1 nitrogen and oxygen atoms in total. The van der Waals surface area contributed by atoms with Crippen molar-refractivity contribution >= 4 is 49.0 Å². The SMILES string of the molecule is N#CCc1c(Br)sc2c(Cl)cccc12. The fourth-order valence-corrected chi connectivity index (χ4v) is 3.43. The van der Waals surface area contributed by atoms with Gasteiger partial charge in [-0.1, -0.05) is 23.7 Å². The highest BCUT2D eigenvalue weighted by Crippen LogP contribution is 2.39. The molecule has 0 aliphatic rings. The summed E-state index contributed by atoms with van der Waals surface area (Å²) >= 11 is 11.1. The van der Waals surface area contributed by atoms with Crippen LogP contribution in [0.1, 0.15) is 5.56 Å².